The van der Waals surface area contributed by atoms with Crippen molar-refractivity contribution in [3.63, 3.8) is 0 Å². The summed E-state index contributed by atoms with van der Waals surface area (Å²) in [5.74, 6) is 0. The molecule has 0 fully saturated rings. The molecule has 4 radical (unpaired) electrons. The number of hydrogen-bond donors (Lipinski definition) is 0. The van der Waals surface area contributed by atoms with Crippen LogP contribution in [0.15, 0.2) is 42.5 Å². The first-order valence-electron chi connectivity index (χ1n) is 8.81. The third kappa shape index (κ3) is 36.5. The zero-order valence-corrected chi connectivity index (χ0v) is 21.7. The summed E-state index contributed by atoms with van der Waals surface area (Å²) in [7, 11) is 0. The summed E-state index contributed by atoms with van der Waals surface area (Å²) in [6, 6.07) is 14.7. The number of rotatable bonds is 4. The molecule has 0 saturated carbocycles. The van der Waals surface area contributed by atoms with E-state index in [0.717, 1.165) is 25.7 Å². The van der Waals surface area contributed by atoms with Gasteiger partial charge in [-0.25, -0.2) is 0 Å². The van der Waals surface area contributed by atoms with Crippen LogP contribution >= 0.6 is 0 Å². The van der Waals surface area contributed by atoms with Gasteiger partial charge in [0.1, 0.15) is 0 Å². The van der Waals surface area contributed by atoms with E-state index in [2.05, 4.69) is 42.5 Å². The van der Waals surface area contributed by atoms with Crippen molar-refractivity contribution in [2.24, 2.45) is 0 Å². The van der Waals surface area contributed by atoms with Gasteiger partial charge < -0.3 is 30.8 Å². The van der Waals surface area contributed by atoms with Crippen LogP contribution in [0, 0.1) is 14.9 Å². The van der Waals surface area contributed by atoms with Gasteiger partial charge in [-0.05, 0) is 0 Å². The topological polar surface area (TPSA) is 69.9 Å². The van der Waals surface area contributed by atoms with Crippen LogP contribution in [-0.4, -0.2) is 29.7 Å². The van der Waals surface area contributed by atoms with Crippen LogP contribution in [-0.2, 0) is 21.7 Å². The molecule has 3 nitrogen and oxygen atoms in total. The molecule has 0 atom stereocenters. The molecule has 0 aromatic heterocycles. The van der Waals surface area contributed by atoms with Gasteiger partial charge in [0.25, 0.3) is 0 Å². The molecular weight excluding hydrogens is 398 g/mol. The van der Waals surface area contributed by atoms with Crippen molar-refractivity contribution in [3.8, 4) is 0 Å². The Morgan fingerprint density at radius 3 is 1.57 bits per heavy atom. The van der Waals surface area contributed by atoms with E-state index in [4.69, 9.17) is 5.73 Å². The number of benzene rings is 1. The van der Waals surface area contributed by atoms with Gasteiger partial charge >= 0.3 is 21.7 Å². The first kappa shape index (κ1) is 41.9. The van der Waals surface area contributed by atoms with Crippen LogP contribution in [0.3, 0.4) is 0 Å². The minimum Gasteiger partial charge on any atom is -0.854 e. The van der Waals surface area contributed by atoms with E-state index in [1.54, 1.807) is 0 Å². The normalized spacial score (nSPS) is 8.43. The van der Waals surface area contributed by atoms with Crippen molar-refractivity contribution in [2.75, 3.05) is 13.2 Å². The zero-order chi connectivity index (χ0) is 18.8. The number of unbranched alkanes of at least 4 members (excludes halogenated alkanes) is 2. The Hall–Kier alpha value is -0.359. The molecule has 0 heterocycles. The molecule has 0 aliphatic rings. The molecule has 0 spiro atoms. The van der Waals surface area contributed by atoms with E-state index in [-0.39, 0.29) is 66.3 Å². The van der Waals surface area contributed by atoms with E-state index < -0.39 is 0 Å². The van der Waals surface area contributed by atoms with Crippen LogP contribution < -0.4 is 10.2 Å². The third-order valence-electron chi connectivity index (χ3n) is 2.54. The maximum Gasteiger partial charge on any atom is 2.00 e. The van der Waals surface area contributed by atoms with Crippen LogP contribution in [0.1, 0.15) is 60.3 Å². The van der Waals surface area contributed by atoms with Crippen molar-refractivity contribution in [1.29, 1.82) is 0 Å². The molecule has 0 amide bonds. The molecule has 0 aliphatic heterocycles. The van der Waals surface area contributed by atoms with E-state index in [0.29, 0.717) is 0 Å². The monoisotopic (exact) mass is 439 g/mol. The largest absolute Gasteiger partial charge is 2.00 e. The Balaban J connectivity index is -0.0000000576. The Morgan fingerprint density at radius 2 is 1.29 bits per heavy atom. The summed E-state index contributed by atoms with van der Waals surface area (Å²) in [5.41, 5.74) is 6.69. The fraction of sp³-hybridized carbons (Fsp3) is 0.522. The maximum atomic E-state index is 9.53. The SMILES string of the molecule is CC(C)(C)[NH-].CCCC[O-].CCCC[O-].[CH3-].[CH3-].[Si].[Ti+2].c1ccc2[cH-]ccc2c1. The molecule has 2 aromatic rings. The van der Waals surface area contributed by atoms with Gasteiger partial charge in [0.2, 0.25) is 0 Å². The average Bonchev–Trinajstić information content (AvgIpc) is 2.97. The minimum atomic E-state index is -0.250. The van der Waals surface area contributed by atoms with E-state index in [1.165, 1.54) is 10.8 Å². The predicted molar refractivity (Wildman–Crippen MR) is 122 cm³/mol. The molecule has 28 heavy (non-hydrogen) atoms. The third-order valence-corrected chi connectivity index (χ3v) is 2.54. The van der Waals surface area contributed by atoms with E-state index in [1.807, 2.05) is 34.6 Å². The van der Waals surface area contributed by atoms with Gasteiger partial charge in [0, 0.05) is 11.0 Å². The number of nitrogens with one attached hydrogen (secondary N) is 1. The Morgan fingerprint density at radius 1 is 0.893 bits per heavy atom. The van der Waals surface area contributed by atoms with Crippen LogP contribution in [0.4, 0.5) is 0 Å². The van der Waals surface area contributed by atoms with Crippen molar-refractivity contribution < 1.29 is 31.9 Å². The summed E-state index contributed by atoms with van der Waals surface area (Å²) >= 11 is 0. The molecule has 2 aromatic carbocycles. The van der Waals surface area contributed by atoms with Crippen LogP contribution in [0.2, 0.25) is 0 Å². The molecular formula is C23H41NO2SiTi-4. The van der Waals surface area contributed by atoms with Crippen molar-refractivity contribution in [1.82, 2.24) is 0 Å². The van der Waals surface area contributed by atoms with Crippen molar-refractivity contribution in [2.45, 2.75) is 65.8 Å². The first-order valence-corrected chi connectivity index (χ1v) is 8.81. The molecule has 0 saturated heterocycles. The summed E-state index contributed by atoms with van der Waals surface area (Å²) in [6.07, 6.45) is 3.73. The maximum absolute atomic E-state index is 9.53. The van der Waals surface area contributed by atoms with Crippen molar-refractivity contribution >= 4 is 21.7 Å². The Kier molecular flexibility index (Phi) is 43.2. The molecule has 5 heteroatoms. The molecule has 0 unspecified atom stereocenters. The van der Waals surface area contributed by atoms with Crippen LogP contribution in [0.5, 0.6) is 0 Å². The van der Waals surface area contributed by atoms with Crippen molar-refractivity contribution in [3.05, 3.63) is 63.1 Å². The van der Waals surface area contributed by atoms with Gasteiger partial charge in [-0.1, -0.05) is 66.4 Å². The number of hydrogen-bond acceptors (Lipinski definition) is 2. The van der Waals surface area contributed by atoms with Gasteiger partial charge in [-0.15, -0.1) is 48.4 Å². The van der Waals surface area contributed by atoms with Gasteiger partial charge in [0.05, 0.1) is 0 Å². The zero-order valence-electron chi connectivity index (χ0n) is 19.1. The standard InChI is InChI=1S/C9H7.C4H10N.2C4H9O.2CH3.Si.Ti/c1-2-5-9-7-3-6-8(9)4-1;1-4(2,3)5;2*1-2-3-4-5;;;;/h1-7H;5H,1-3H3;2*2-4H2,1H3;2*1H3;;/q6*-1;;+2. The summed E-state index contributed by atoms with van der Waals surface area (Å²) in [6.45, 7) is 9.77. The first-order chi connectivity index (χ1) is 11.3. The predicted octanol–water partition coefficient (Wildman–Crippen LogP) is 5.21. The molecule has 0 aliphatic carbocycles. The van der Waals surface area contributed by atoms with Gasteiger partial charge in [0.15, 0.2) is 0 Å². The Bertz CT molecular complexity index is 438. The average molecular weight is 440 g/mol. The fourth-order valence-corrected chi connectivity index (χ4v) is 1.36. The molecule has 2 rings (SSSR count). The van der Waals surface area contributed by atoms with Gasteiger partial charge in [-0.3, -0.25) is 0 Å². The second kappa shape index (κ2) is 28.8. The minimum absolute atomic E-state index is 0. The molecule has 162 valence electrons. The second-order valence-electron chi connectivity index (χ2n) is 6.52. The summed E-state index contributed by atoms with van der Waals surface area (Å²) in [4.78, 5) is 0. The van der Waals surface area contributed by atoms with E-state index >= 15 is 0 Å². The Labute approximate surface area is 195 Å². The molecule has 0 bridgehead atoms. The van der Waals surface area contributed by atoms with E-state index in [9.17, 15) is 10.2 Å². The fourth-order valence-electron chi connectivity index (χ4n) is 1.36. The number of fused-ring (bicyclic) bond motifs is 1. The molecule has 1 N–H and O–H groups in total. The quantitative estimate of drug-likeness (QED) is 0.485. The smallest absolute Gasteiger partial charge is 0.854 e. The van der Waals surface area contributed by atoms with Gasteiger partial charge in [-0.2, -0.15) is 17.5 Å². The van der Waals surface area contributed by atoms with Crippen LogP contribution in [0.25, 0.3) is 16.5 Å². The summed E-state index contributed by atoms with van der Waals surface area (Å²) < 4.78 is 0. The second-order valence-corrected chi connectivity index (χ2v) is 6.52. The summed E-state index contributed by atoms with van der Waals surface area (Å²) in [5, 5.41) is 21.7.